The molecule has 13 heteroatoms. The van der Waals surface area contributed by atoms with Crippen LogP contribution >= 0.6 is 0 Å². The Labute approximate surface area is 248 Å². The molecule has 1 saturated heterocycles. The first-order valence-corrected chi connectivity index (χ1v) is 14.4. The van der Waals surface area contributed by atoms with Crippen molar-refractivity contribution in [2.24, 2.45) is 5.73 Å². The molecule has 0 saturated carbocycles. The fraction of sp³-hybridized carbons (Fsp3) is 0.433. The van der Waals surface area contributed by atoms with E-state index in [4.69, 9.17) is 15.5 Å². The number of benzene rings is 1. The summed E-state index contributed by atoms with van der Waals surface area (Å²) in [6.07, 6.45) is 9.30. The monoisotopic (exact) mass is 592 g/mol. The number of imidazole rings is 1. The van der Waals surface area contributed by atoms with Crippen molar-refractivity contribution in [3.8, 4) is 0 Å². The molecule has 228 valence electrons. The number of nitrogens with one attached hydrogen (secondary N) is 1. The van der Waals surface area contributed by atoms with Crippen molar-refractivity contribution >= 4 is 35.9 Å². The second-order valence-corrected chi connectivity index (χ2v) is 10.9. The van der Waals surface area contributed by atoms with Crippen LogP contribution in [-0.2, 0) is 27.6 Å². The predicted molar refractivity (Wildman–Crippen MR) is 160 cm³/mol. The zero-order valence-corrected chi connectivity index (χ0v) is 24.4. The highest BCUT2D eigenvalue weighted by molar-refractivity contribution is 5.85. The van der Waals surface area contributed by atoms with Gasteiger partial charge in [0.2, 0.25) is 17.8 Å². The number of esters is 1. The molecule has 0 bridgehead atoms. The number of nitrogens with two attached hydrogens (primary N) is 1. The van der Waals surface area contributed by atoms with Crippen molar-refractivity contribution in [2.75, 3.05) is 36.5 Å². The quantitative estimate of drug-likeness (QED) is 0.313. The largest absolute Gasteiger partial charge is 0.442 e. The fourth-order valence-corrected chi connectivity index (χ4v) is 5.40. The highest BCUT2D eigenvalue weighted by Crippen LogP contribution is 2.23. The molecule has 12 nitrogen and oxygen atoms in total. The summed E-state index contributed by atoms with van der Waals surface area (Å²) in [4.78, 5) is 50.2. The van der Waals surface area contributed by atoms with E-state index in [2.05, 4.69) is 31.9 Å². The van der Waals surface area contributed by atoms with Gasteiger partial charge in [-0.15, -0.1) is 0 Å². The van der Waals surface area contributed by atoms with Crippen molar-refractivity contribution in [2.45, 2.75) is 58.0 Å². The maximum absolute atomic E-state index is 13.5. The van der Waals surface area contributed by atoms with Gasteiger partial charge in [0, 0.05) is 38.4 Å². The van der Waals surface area contributed by atoms with Crippen LogP contribution in [0.3, 0.4) is 0 Å². The minimum atomic E-state index is -0.752. The van der Waals surface area contributed by atoms with E-state index in [0.717, 1.165) is 61.0 Å². The van der Waals surface area contributed by atoms with Gasteiger partial charge in [-0.2, -0.15) is 0 Å². The lowest BCUT2D eigenvalue weighted by Crippen LogP contribution is -2.46. The van der Waals surface area contributed by atoms with Crippen molar-refractivity contribution in [3.05, 3.63) is 69.0 Å². The molecule has 1 aliphatic heterocycles. The standard InChI is InChI=1S/C30H37FN8O4/c1-20(32)28(42)34-17-27(41)43-19-39-26(40)11-14-33-29(39)36(2)23-12-15-37(16-13-23)30-35-24-5-3-4-6-25(24)38(30)18-21-7-9-22(31)10-8-21/h5-11,14,20,23H,3-4,12-13,15-19,32H2,1-2H3,(H,34,42). The lowest BCUT2D eigenvalue weighted by Gasteiger charge is -2.38. The van der Waals surface area contributed by atoms with Crippen molar-refractivity contribution in [3.63, 3.8) is 0 Å². The maximum atomic E-state index is 13.5. The number of aromatic nitrogens is 4. The van der Waals surface area contributed by atoms with E-state index < -0.39 is 17.9 Å². The van der Waals surface area contributed by atoms with Gasteiger partial charge in [0.25, 0.3) is 5.56 Å². The van der Waals surface area contributed by atoms with E-state index in [0.29, 0.717) is 12.5 Å². The highest BCUT2D eigenvalue weighted by Gasteiger charge is 2.28. The second kappa shape index (κ2) is 13.2. The van der Waals surface area contributed by atoms with Gasteiger partial charge in [-0.25, -0.2) is 18.9 Å². The average molecular weight is 593 g/mol. The van der Waals surface area contributed by atoms with Gasteiger partial charge >= 0.3 is 5.97 Å². The van der Waals surface area contributed by atoms with Crippen LogP contribution in [0.15, 0.2) is 41.3 Å². The summed E-state index contributed by atoms with van der Waals surface area (Å²) in [5, 5.41) is 4.46. The summed E-state index contributed by atoms with van der Waals surface area (Å²) in [5.74, 6) is -0.153. The first-order chi connectivity index (χ1) is 20.7. The molecule has 1 unspecified atom stereocenters. The molecule has 0 spiro atoms. The van der Waals surface area contributed by atoms with Gasteiger partial charge in [0.1, 0.15) is 12.4 Å². The Morgan fingerprint density at radius 3 is 2.58 bits per heavy atom. The van der Waals surface area contributed by atoms with Crippen LogP contribution in [0.4, 0.5) is 16.3 Å². The molecule has 1 aliphatic carbocycles. The number of halogens is 1. The average Bonchev–Trinajstić information content (AvgIpc) is 3.38. The number of ether oxygens (including phenoxy) is 1. The smallest absolute Gasteiger partial charge is 0.327 e. The number of anilines is 2. The molecule has 2 aromatic heterocycles. The Bertz CT molecular complexity index is 1640. The summed E-state index contributed by atoms with van der Waals surface area (Å²) in [7, 11) is 1.88. The van der Waals surface area contributed by atoms with Gasteiger partial charge < -0.3 is 30.2 Å². The number of hydrogen-bond acceptors (Lipinski definition) is 9. The summed E-state index contributed by atoms with van der Waals surface area (Å²) in [5.41, 5.74) is 6.14. The molecule has 5 rings (SSSR count). The molecule has 1 atom stereocenters. The summed E-state index contributed by atoms with van der Waals surface area (Å²) >= 11 is 0. The molecule has 1 amide bonds. The lowest BCUT2D eigenvalue weighted by atomic mass is 10.0. The highest BCUT2D eigenvalue weighted by atomic mass is 19.1. The third-order valence-electron chi connectivity index (χ3n) is 7.81. The third kappa shape index (κ3) is 6.94. The Hall–Kier alpha value is -4.52. The van der Waals surface area contributed by atoms with Gasteiger partial charge in [0.15, 0.2) is 6.73 Å². The first kappa shape index (κ1) is 30.0. The zero-order chi connectivity index (χ0) is 30.5. The number of rotatable bonds is 10. The van der Waals surface area contributed by atoms with E-state index in [-0.39, 0.29) is 30.7 Å². The molecule has 3 N–H and O–H groups in total. The number of carbonyl (C=O) groups excluding carboxylic acids is 2. The van der Waals surface area contributed by atoms with Crippen LogP contribution in [0.5, 0.6) is 0 Å². The summed E-state index contributed by atoms with van der Waals surface area (Å²) in [6.45, 7) is 2.89. The molecule has 2 aliphatic rings. The van der Waals surface area contributed by atoms with Crippen molar-refractivity contribution < 1.29 is 18.7 Å². The van der Waals surface area contributed by atoms with Crippen molar-refractivity contribution in [1.82, 2.24) is 24.4 Å². The molecule has 1 aromatic carbocycles. The van der Waals surface area contributed by atoms with Crippen LogP contribution in [-0.4, -0.2) is 69.7 Å². The van der Waals surface area contributed by atoms with Crippen molar-refractivity contribution in [1.29, 1.82) is 0 Å². The van der Waals surface area contributed by atoms with E-state index >= 15 is 0 Å². The molecule has 1 fully saturated rings. The van der Waals surface area contributed by atoms with Crippen LogP contribution in [0.25, 0.3) is 12.2 Å². The van der Waals surface area contributed by atoms with Crippen LogP contribution < -0.4 is 37.1 Å². The number of carbonyl (C=O) groups is 2. The van der Waals surface area contributed by atoms with Crippen LogP contribution in [0, 0.1) is 5.82 Å². The minimum absolute atomic E-state index is 0.0751. The Morgan fingerprint density at radius 1 is 1.14 bits per heavy atom. The molecule has 0 radical (unpaired) electrons. The number of nitrogens with zero attached hydrogens (tertiary/aromatic N) is 6. The maximum Gasteiger partial charge on any atom is 0.327 e. The van der Waals surface area contributed by atoms with E-state index in [1.807, 2.05) is 11.9 Å². The molecular formula is C30H37FN8O4. The van der Waals surface area contributed by atoms with E-state index in [9.17, 15) is 18.8 Å². The van der Waals surface area contributed by atoms with Gasteiger partial charge in [-0.05, 0) is 50.3 Å². The molecule has 3 aromatic rings. The Balaban J connectivity index is 1.27. The second-order valence-electron chi connectivity index (χ2n) is 10.9. The van der Waals surface area contributed by atoms with Crippen LogP contribution in [0.1, 0.15) is 38.2 Å². The first-order valence-electron chi connectivity index (χ1n) is 14.4. The van der Waals surface area contributed by atoms with Gasteiger partial charge in [-0.1, -0.05) is 24.3 Å². The normalized spacial score (nSPS) is 15.6. The number of piperidine rings is 1. The Morgan fingerprint density at radius 2 is 1.86 bits per heavy atom. The summed E-state index contributed by atoms with van der Waals surface area (Å²) in [6, 6.07) is 7.20. The summed E-state index contributed by atoms with van der Waals surface area (Å²) < 4.78 is 22.3. The molecule has 3 heterocycles. The number of amides is 1. The van der Waals surface area contributed by atoms with Gasteiger partial charge in [-0.3, -0.25) is 14.4 Å². The van der Waals surface area contributed by atoms with E-state index in [1.165, 1.54) is 35.9 Å². The minimum Gasteiger partial charge on any atom is -0.442 e. The fourth-order valence-electron chi connectivity index (χ4n) is 5.40. The third-order valence-corrected chi connectivity index (χ3v) is 7.81. The van der Waals surface area contributed by atoms with Gasteiger partial charge in [0.05, 0.1) is 23.3 Å². The van der Waals surface area contributed by atoms with E-state index in [1.54, 1.807) is 12.1 Å². The topological polar surface area (TPSA) is 141 Å². The lowest BCUT2D eigenvalue weighted by molar-refractivity contribution is -0.147. The predicted octanol–water partition coefficient (Wildman–Crippen LogP) is 0.0513. The Kier molecular flexibility index (Phi) is 9.19. The molecular weight excluding hydrogens is 555 g/mol. The number of hydrogen-bond donors (Lipinski definition) is 2. The SMILES string of the molecule is CC(N)C(=O)NCC(=O)OCn1c(N(C)C2CCN(c3nc4c(n3Cc3ccc(F)cc3)=CCCC=4)CC2)nccc1=O. The molecule has 43 heavy (non-hydrogen) atoms. The zero-order valence-electron chi connectivity index (χ0n) is 24.4. The van der Waals surface area contributed by atoms with Crippen LogP contribution in [0.2, 0.25) is 0 Å². The number of fused-ring (bicyclic) bond motifs is 1.